The quantitative estimate of drug-likeness (QED) is 0.322. The predicted octanol–water partition coefficient (Wildman–Crippen LogP) is 7.98. The van der Waals surface area contributed by atoms with Crippen molar-refractivity contribution >= 4 is 50.2 Å². The Kier molecular flexibility index (Phi) is 6.51. The molecule has 0 bridgehead atoms. The monoisotopic (exact) mass is 526 g/mol. The number of halogens is 4. The average Bonchev–Trinajstić information content (AvgIpc) is 3.33. The van der Waals surface area contributed by atoms with Crippen LogP contribution in [0.1, 0.15) is 61.7 Å². The third-order valence-electron chi connectivity index (χ3n) is 5.28. The molecule has 0 radical (unpaired) electrons. The van der Waals surface area contributed by atoms with E-state index in [1.807, 2.05) is 6.07 Å². The van der Waals surface area contributed by atoms with Crippen molar-refractivity contribution in [1.29, 1.82) is 0 Å². The largest absolute Gasteiger partial charge is 0.416 e. The van der Waals surface area contributed by atoms with E-state index in [0.29, 0.717) is 23.3 Å². The number of fused-ring (bicyclic) bond motifs is 2. The van der Waals surface area contributed by atoms with Crippen molar-refractivity contribution in [2.24, 2.45) is 0 Å². The Morgan fingerprint density at radius 1 is 0.806 bits per heavy atom. The lowest BCUT2D eigenvalue weighted by atomic mass is 9.97. The average molecular weight is 527 g/mol. The van der Waals surface area contributed by atoms with E-state index in [-0.39, 0.29) is 5.78 Å². The maximum Gasteiger partial charge on any atom is 0.416 e. The summed E-state index contributed by atoms with van der Waals surface area (Å²) in [6.45, 7) is 0. The van der Waals surface area contributed by atoms with Gasteiger partial charge in [-0.25, -0.2) is 0 Å². The van der Waals surface area contributed by atoms with Gasteiger partial charge < -0.3 is 0 Å². The number of aryl methyl sites for hydroxylation is 2. The van der Waals surface area contributed by atoms with E-state index in [2.05, 4.69) is 15.9 Å². The summed E-state index contributed by atoms with van der Waals surface area (Å²) in [5.41, 5.74) is 1.50. The summed E-state index contributed by atoms with van der Waals surface area (Å²) in [6.07, 6.45) is 0.694. The van der Waals surface area contributed by atoms with Gasteiger partial charge in [-0.1, -0.05) is 12.1 Å². The molecule has 31 heavy (non-hydrogen) atoms. The van der Waals surface area contributed by atoms with Gasteiger partial charge >= 0.3 is 6.18 Å². The highest BCUT2D eigenvalue weighted by atomic mass is 79.9. The Morgan fingerprint density at radius 3 is 2.00 bits per heavy atom. The number of Topliss-reactive ketones (excluding diaryl/α,β-unsaturated/α-hetero) is 2. The van der Waals surface area contributed by atoms with E-state index in [1.165, 1.54) is 22.3 Å². The molecule has 0 saturated heterocycles. The molecule has 0 saturated carbocycles. The molecule has 0 unspecified atom stereocenters. The zero-order valence-electron chi connectivity index (χ0n) is 16.4. The van der Waals surface area contributed by atoms with Crippen molar-refractivity contribution in [3.63, 3.8) is 0 Å². The van der Waals surface area contributed by atoms with Crippen molar-refractivity contribution < 1.29 is 22.8 Å². The number of hydrogen-bond donors (Lipinski definition) is 0. The van der Waals surface area contributed by atoms with Crippen molar-refractivity contribution in [3.8, 4) is 10.4 Å². The van der Waals surface area contributed by atoms with Crippen LogP contribution in [-0.2, 0) is 19.0 Å². The van der Waals surface area contributed by atoms with Crippen molar-refractivity contribution in [1.82, 2.24) is 0 Å². The van der Waals surface area contributed by atoms with Crippen molar-refractivity contribution in [2.45, 2.75) is 44.7 Å². The van der Waals surface area contributed by atoms with Gasteiger partial charge in [0.05, 0.1) is 9.35 Å². The van der Waals surface area contributed by atoms with Crippen LogP contribution in [0.5, 0.6) is 0 Å². The number of hydrogen-bond acceptors (Lipinski definition) is 4. The highest BCUT2D eigenvalue weighted by Gasteiger charge is 2.31. The van der Waals surface area contributed by atoms with Gasteiger partial charge in [-0.15, -0.1) is 22.7 Å². The first-order valence-corrected chi connectivity index (χ1v) is 12.3. The Hall–Kier alpha value is -1.77. The van der Waals surface area contributed by atoms with Crippen LogP contribution in [-0.4, -0.2) is 11.6 Å². The second-order valence-corrected chi connectivity index (χ2v) is 11.1. The van der Waals surface area contributed by atoms with Gasteiger partial charge in [-0.3, -0.25) is 9.59 Å². The molecule has 2 aliphatic rings. The minimum absolute atomic E-state index is 0.0979. The molecule has 2 aromatic heterocycles. The molecule has 5 rings (SSSR count). The maximum absolute atomic E-state index is 12.7. The SMILES string of the molecule is O=C1CCCc2sc(-c3cccc(C(F)(F)F)c3)cc21.O=C1CCCc2sc(Br)cc21. The van der Waals surface area contributed by atoms with E-state index < -0.39 is 11.7 Å². The van der Waals surface area contributed by atoms with Gasteiger partial charge in [-0.2, -0.15) is 13.2 Å². The zero-order chi connectivity index (χ0) is 22.2. The molecule has 0 N–H and O–H groups in total. The first kappa shape index (κ1) is 22.4. The third kappa shape index (κ3) is 5.02. The smallest absolute Gasteiger partial charge is 0.294 e. The fourth-order valence-corrected chi connectivity index (χ4v) is 6.72. The molecule has 3 aromatic rings. The number of thiophene rings is 2. The molecular weight excluding hydrogens is 509 g/mol. The van der Waals surface area contributed by atoms with Gasteiger partial charge in [-0.05, 0) is 71.4 Å². The Bertz CT molecular complexity index is 1140. The second-order valence-electron chi connectivity index (χ2n) is 7.47. The number of ketones is 2. The standard InChI is InChI=1S/C15H11F3OS.C8H7BrOS/c16-15(17,18)10-4-1-3-9(7-10)14-8-11-12(19)5-2-6-13(11)20-14;9-8-4-5-6(10)2-1-3-7(5)11-8/h1,3-4,7-8H,2,5-6H2;4H,1-3H2. The fourth-order valence-electron chi connectivity index (χ4n) is 3.75. The molecule has 0 aliphatic heterocycles. The topological polar surface area (TPSA) is 34.1 Å². The van der Waals surface area contributed by atoms with Gasteiger partial charge in [0.15, 0.2) is 11.6 Å². The van der Waals surface area contributed by atoms with Crippen LogP contribution in [0.4, 0.5) is 13.2 Å². The van der Waals surface area contributed by atoms with Crippen LogP contribution >= 0.6 is 38.6 Å². The summed E-state index contributed by atoms with van der Waals surface area (Å²) in [5, 5.41) is 0. The highest BCUT2D eigenvalue weighted by Crippen LogP contribution is 2.38. The lowest BCUT2D eigenvalue weighted by Crippen LogP contribution is -2.06. The van der Waals surface area contributed by atoms with E-state index in [9.17, 15) is 22.8 Å². The molecule has 0 atom stereocenters. The first-order chi connectivity index (χ1) is 14.7. The van der Waals surface area contributed by atoms with Crippen molar-refractivity contribution in [3.05, 3.63) is 66.6 Å². The van der Waals surface area contributed by atoms with E-state index >= 15 is 0 Å². The predicted molar refractivity (Wildman–Crippen MR) is 121 cm³/mol. The van der Waals surface area contributed by atoms with Crippen LogP contribution in [0, 0.1) is 0 Å². The summed E-state index contributed by atoms with van der Waals surface area (Å²) >= 11 is 6.50. The van der Waals surface area contributed by atoms with Crippen LogP contribution in [0.3, 0.4) is 0 Å². The molecule has 2 heterocycles. The lowest BCUT2D eigenvalue weighted by molar-refractivity contribution is -0.137. The number of rotatable bonds is 1. The summed E-state index contributed by atoms with van der Waals surface area (Å²) in [6, 6.07) is 8.93. The minimum atomic E-state index is -4.34. The zero-order valence-corrected chi connectivity index (χ0v) is 19.6. The molecule has 0 spiro atoms. The fraction of sp³-hybridized carbons (Fsp3) is 0.304. The van der Waals surface area contributed by atoms with E-state index in [1.54, 1.807) is 23.5 Å². The van der Waals surface area contributed by atoms with Crippen LogP contribution in [0.2, 0.25) is 0 Å². The second kappa shape index (κ2) is 9.00. The Balaban J connectivity index is 0.000000177. The Morgan fingerprint density at radius 2 is 1.42 bits per heavy atom. The molecular formula is C23H18BrF3O2S2. The van der Waals surface area contributed by atoms with Gasteiger partial charge in [0, 0.05) is 38.6 Å². The maximum atomic E-state index is 12.7. The summed E-state index contributed by atoms with van der Waals surface area (Å²) < 4.78 is 39.2. The molecule has 0 fully saturated rings. The lowest BCUT2D eigenvalue weighted by Gasteiger charge is -2.07. The normalized spacial score (nSPS) is 15.7. The molecule has 162 valence electrons. The highest BCUT2D eigenvalue weighted by molar-refractivity contribution is 9.11. The van der Waals surface area contributed by atoms with Gasteiger partial charge in [0.25, 0.3) is 0 Å². The van der Waals surface area contributed by atoms with E-state index in [4.69, 9.17) is 0 Å². The number of carbonyl (C=O) groups excluding carboxylic acids is 2. The Labute approximate surface area is 194 Å². The molecule has 1 aromatic carbocycles. The molecule has 2 nitrogen and oxygen atoms in total. The van der Waals surface area contributed by atoms with Crippen LogP contribution < -0.4 is 0 Å². The van der Waals surface area contributed by atoms with Gasteiger partial charge in [0.1, 0.15) is 0 Å². The van der Waals surface area contributed by atoms with E-state index in [0.717, 1.165) is 63.3 Å². The number of benzene rings is 1. The molecule has 2 aliphatic carbocycles. The van der Waals surface area contributed by atoms with Crippen molar-refractivity contribution in [2.75, 3.05) is 0 Å². The summed E-state index contributed by atoms with van der Waals surface area (Å²) in [4.78, 5) is 26.1. The third-order valence-corrected chi connectivity index (χ3v) is 8.22. The molecule has 0 amide bonds. The minimum Gasteiger partial charge on any atom is -0.294 e. The van der Waals surface area contributed by atoms with Crippen LogP contribution in [0.15, 0.2) is 40.2 Å². The van der Waals surface area contributed by atoms with Crippen LogP contribution in [0.25, 0.3) is 10.4 Å². The number of carbonyl (C=O) groups is 2. The number of alkyl halides is 3. The summed E-state index contributed by atoms with van der Waals surface area (Å²) in [7, 11) is 0. The first-order valence-electron chi connectivity index (χ1n) is 9.87. The molecule has 8 heteroatoms. The van der Waals surface area contributed by atoms with Gasteiger partial charge in [0.2, 0.25) is 0 Å². The summed E-state index contributed by atoms with van der Waals surface area (Å²) in [5.74, 6) is 0.411.